The SMILES string of the molecule is C=CN1c2cc(-c3ccccc3)ccc2C(C)(C)c2cc(-c3ccccc3)ccc21. The summed E-state index contributed by atoms with van der Waals surface area (Å²) in [5.41, 5.74) is 9.88. The average molecular weight is 388 g/mol. The number of fused-ring (bicyclic) bond motifs is 2. The second-order valence-corrected chi connectivity index (χ2v) is 8.37. The molecule has 1 heterocycles. The molecule has 0 N–H and O–H groups in total. The van der Waals surface area contributed by atoms with Gasteiger partial charge in [0, 0.05) is 17.3 Å². The Morgan fingerprint density at radius 3 is 1.77 bits per heavy atom. The Balaban J connectivity index is 1.68. The molecular formula is C29H25N. The van der Waals surface area contributed by atoms with Gasteiger partial charge in [-0.25, -0.2) is 0 Å². The molecule has 0 saturated heterocycles. The zero-order valence-electron chi connectivity index (χ0n) is 17.5. The van der Waals surface area contributed by atoms with Crippen LogP contribution in [0.3, 0.4) is 0 Å². The summed E-state index contributed by atoms with van der Waals surface area (Å²) in [4.78, 5) is 2.23. The van der Waals surface area contributed by atoms with Crippen molar-refractivity contribution >= 4 is 11.4 Å². The molecule has 1 nitrogen and oxygen atoms in total. The normalized spacial score (nSPS) is 14.0. The van der Waals surface area contributed by atoms with Crippen LogP contribution in [-0.4, -0.2) is 0 Å². The van der Waals surface area contributed by atoms with Crippen molar-refractivity contribution in [3.8, 4) is 22.3 Å². The molecule has 0 aromatic heterocycles. The first-order chi connectivity index (χ1) is 14.6. The molecule has 1 aliphatic rings. The Kier molecular flexibility index (Phi) is 4.33. The van der Waals surface area contributed by atoms with Crippen molar-refractivity contribution in [2.75, 3.05) is 4.90 Å². The van der Waals surface area contributed by atoms with Crippen LogP contribution in [-0.2, 0) is 5.41 Å². The van der Waals surface area contributed by atoms with Gasteiger partial charge >= 0.3 is 0 Å². The monoisotopic (exact) mass is 387 g/mol. The molecule has 0 aliphatic carbocycles. The zero-order valence-corrected chi connectivity index (χ0v) is 17.5. The van der Waals surface area contributed by atoms with Gasteiger partial charge in [0.1, 0.15) is 0 Å². The van der Waals surface area contributed by atoms with E-state index in [1.807, 2.05) is 6.20 Å². The zero-order chi connectivity index (χ0) is 20.7. The molecule has 0 atom stereocenters. The third-order valence-corrected chi connectivity index (χ3v) is 6.26. The Labute approximate surface area is 178 Å². The van der Waals surface area contributed by atoms with Gasteiger partial charge in [0.25, 0.3) is 0 Å². The molecule has 0 spiro atoms. The highest BCUT2D eigenvalue weighted by atomic mass is 15.1. The van der Waals surface area contributed by atoms with Crippen LogP contribution < -0.4 is 4.90 Å². The predicted octanol–water partition coefficient (Wildman–Crippen LogP) is 7.94. The van der Waals surface area contributed by atoms with E-state index in [4.69, 9.17) is 0 Å². The summed E-state index contributed by atoms with van der Waals surface area (Å²) < 4.78 is 0. The number of nitrogens with zero attached hydrogens (tertiary/aromatic N) is 1. The fourth-order valence-corrected chi connectivity index (χ4v) is 4.60. The summed E-state index contributed by atoms with van der Waals surface area (Å²) in [6.07, 6.45) is 1.93. The topological polar surface area (TPSA) is 3.24 Å². The largest absolute Gasteiger partial charge is 0.317 e. The van der Waals surface area contributed by atoms with E-state index in [-0.39, 0.29) is 5.41 Å². The van der Waals surface area contributed by atoms with Gasteiger partial charge in [-0.3, -0.25) is 0 Å². The smallest absolute Gasteiger partial charge is 0.0502 e. The Morgan fingerprint density at radius 1 is 0.600 bits per heavy atom. The van der Waals surface area contributed by atoms with Gasteiger partial charge in [-0.1, -0.05) is 99.3 Å². The van der Waals surface area contributed by atoms with Crippen LogP contribution >= 0.6 is 0 Å². The van der Waals surface area contributed by atoms with Gasteiger partial charge in [-0.2, -0.15) is 0 Å². The van der Waals surface area contributed by atoms with E-state index in [1.165, 1.54) is 44.8 Å². The fourth-order valence-electron chi connectivity index (χ4n) is 4.60. The first-order valence-electron chi connectivity index (χ1n) is 10.4. The highest BCUT2D eigenvalue weighted by Crippen LogP contribution is 2.50. The second kappa shape index (κ2) is 7.03. The average Bonchev–Trinajstić information content (AvgIpc) is 2.80. The lowest BCUT2D eigenvalue weighted by Gasteiger charge is -2.41. The van der Waals surface area contributed by atoms with Crippen molar-refractivity contribution in [3.63, 3.8) is 0 Å². The quantitative estimate of drug-likeness (QED) is 0.345. The molecule has 0 saturated carbocycles. The third kappa shape index (κ3) is 2.86. The molecule has 146 valence electrons. The van der Waals surface area contributed by atoms with Crippen molar-refractivity contribution in [2.24, 2.45) is 0 Å². The van der Waals surface area contributed by atoms with E-state index in [2.05, 4.69) is 122 Å². The molecule has 5 rings (SSSR count). The highest BCUT2D eigenvalue weighted by molar-refractivity contribution is 5.84. The van der Waals surface area contributed by atoms with Gasteiger partial charge in [0.15, 0.2) is 0 Å². The highest BCUT2D eigenvalue weighted by Gasteiger charge is 2.36. The van der Waals surface area contributed by atoms with Gasteiger partial charge < -0.3 is 4.90 Å². The van der Waals surface area contributed by atoms with Crippen molar-refractivity contribution < 1.29 is 0 Å². The molecule has 0 radical (unpaired) electrons. The molecule has 0 amide bonds. The number of rotatable bonds is 3. The van der Waals surface area contributed by atoms with E-state index >= 15 is 0 Å². The van der Waals surface area contributed by atoms with Gasteiger partial charge in [-0.05, 0) is 51.6 Å². The van der Waals surface area contributed by atoms with Crippen LogP contribution in [0.1, 0.15) is 25.0 Å². The van der Waals surface area contributed by atoms with E-state index in [9.17, 15) is 0 Å². The maximum Gasteiger partial charge on any atom is 0.0502 e. The summed E-state index contributed by atoms with van der Waals surface area (Å²) in [7, 11) is 0. The molecule has 0 unspecified atom stereocenters. The molecular weight excluding hydrogens is 362 g/mol. The van der Waals surface area contributed by atoms with Crippen LogP contribution in [0, 0.1) is 0 Å². The lowest BCUT2D eigenvalue weighted by Crippen LogP contribution is -2.30. The minimum atomic E-state index is -0.107. The Bertz CT molecular complexity index is 1220. The minimum absolute atomic E-state index is 0.107. The standard InChI is InChI=1S/C29H25N/c1-4-30-27-18-16-23(21-11-7-5-8-12-21)19-26(27)29(2,3)25-17-15-24(20-28(25)30)22-13-9-6-10-14-22/h4-20H,1H2,2-3H3. The number of hydrogen-bond acceptors (Lipinski definition) is 1. The molecule has 4 aromatic carbocycles. The summed E-state index contributed by atoms with van der Waals surface area (Å²) in [6.45, 7) is 8.78. The lowest BCUT2D eigenvalue weighted by atomic mass is 9.72. The second-order valence-electron chi connectivity index (χ2n) is 8.37. The number of benzene rings is 4. The Morgan fingerprint density at radius 2 is 1.17 bits per heavy atom. The molecule has 1 aliphatic heterocycles. The number of hydrogen-bond donors (Lipinski definition) is 0. The molecule has 4 aromatic rings. The molecule has 0 bridgehead atoms. The molecule has 30 heavy (non-hydrogen) atoms. The van der Waals surface area contributed by atoms with E-state index < -0.39 is 0 Å². The summed E-state index contributed by atoms with van der Waals surface area (Å²) in [5, 5.41) is 0. The van der Waals surface area contributed by atoms with Crippen LogP contribution in [0.15, 0.2) is 110 Å². The first kappa shape index (κ1) is 18.4. The van der Waals surface area contributed by atoms with Crippen molar-refractivity contribution in [1.29, 1.82) is 0 Å². The van der Waals surface area contributed by atoms with E-state index in [1.54, 1.807) is 0 Å². The summed E-state index contributed by atoms with van der Waals surface area (Å²) >= 11 is 0. The third-order valence-electron chi connectivity index (χ3n) is 6.26. The first-order valence-corrected chi connectivity index (χ1v) is 10.4. The Hall–Kier alpha value is -3.58. The predicted molar refractivity (Wildman–Crippen MR) is 128 cm³/mol. The number of anilines is 2. The molecule has 1 heteroatoms. The minimum Gasteiger partial charge on any atom is -0.317 e. The van der Waals surface area contributed by atoms with Crippen LogP contribution in [0.4, 0.5) is 11.4 Å². The maximum absolute atomic E-state index is 4.14. The van der Waals surface area contributed by atoms with Gasteiger partial charge in [-0.15, -0.1) is 0 Å². The van der Waals surface area contributed by atoms with Crippen LogP contribution in [0.25, 0.3) is 22.3 Å². The van der Waals surface area contributed by atoms with Crippen LogP contribution in [0.2, 0.25) is 0 Å². The maximum atomic E-state index is 4.14. The van der Waals surface area contributed by atoms with Gasteiger partial charge in [0.2, 0.25) is 0 Å². The molecule has 0 fully saturated rings. The fraction of sp³-hybridized carbons (Fsp3) is 0.103. The summed E-state index contributed by atoms with van der Waals surface area (Å²) in [5.74, 6) is 0. The summed E-state index contributed by atoms with van der Waals surface area (Å²) in [6, 6.07) is 34.8. The van der Waals surface area contributed by atoms with Crippen molar-refractivity contribution in [3.05, 3.63) is 121 Å². The van der Waals surface area contributed by atoms with Crippen molar-refractivity contribution in [2.45, 2.75) is 19.3 Å². The van der Waals surface area contributed by atoms with Crippen molar-refractivity contribution in [1.82, 2.24) is 0 Å². The van der Waals surface area contributed by atoms with Crippen LogP contribution in [0.5, 0.6) is 0 Å². The van der Waals surface area contributed by atoms with E-state index in [0.29, 0.717) is 0 Å². The van der Waals surface area contributed by atoms with Gasteiger partial charge in [0.05, 0.1) is 5.69 Å². The van der Waals surface area contributed by atoms with E-state index in [0.717, 1.165) is 0 Å². The lowest BCUT2D eigenvalue weighted by molar-refractivity contribution is 0.632.